The molecule has 3 rings (SSSR count). The van der Waals surface area contributed by atoms with E-state index in [4.69, 9.17) is 10.5 Å². The number of carbonyl (C=O) groups excluding carboxylic acids is 2. The third-order valence-corrected chi connectivity index (χ3v) is 6.25. The van der Waals surface area contributed by atoms with Crippen LogP contribution in [0.5, 0.6) is 0 Å². The van der Waals surface area contributed by atoms with Gasteiger partial charge in [0.25, 0.3) is 5.91 Å². The minimum Gasteiger partial charge on any atom is -0.443 e. The summed E-state index contributed by atoms with van der Waals surface area (Å²) in [6.07, 6.45) is 2.52. The van der Waals surface area contributed by atoms with Gasteiger partial charge in [0.05, 0.1) is 16.2 Å². The highest BCUT2D eigenvalue weighted by Gasteiger charge is 2.23. The van der Waals surface area contributed by atoms with Crippen molar-refractivity contribution in [2.24, 2.45) is 10.7 Å². The molecule has 0 atom stereocenters. The van der Waals surface area contributed by atoms with E-state index in [9.17, 15) is 18.0 Å². The van der Waals surface area contributed by atoms with Gasteiger partial charge in [-0.05, 0) is 35.9 Å². The van der Waals surface area contributed by atoms with E-state index >= 15 is 0 Å². The van der Waals surface area contributed by atoms with Crippen molar-refractivity contribution in [2.75, 3.05) is 5.75 Å². The zero-order chi connectivity index (χ0) is 23.1. The fourth-order valence-corrected chi connectivity index (χ4v) is 3.95. The Hall–Kier alpha value is -3.92. The van der Waals surface area contributed by atoms with Gasteiger partial charge in [-0.2, -0.15) is 0 Å². The summed E-state index contributed by atoms with van der Waals surface area (Å²) < 4.78 is 31.9. The van der Waals surface area contributed by atoms with Crippen LogP contribution in [0.1, 0.15) is 22.8 Å². The van der Waals surface area contributed by atoms with Crippen LogP contribution in [0.15, 0.2) is 82.9 Å². The Bertz CT molecular complexity index is 1240. The second kappa shape index (κ2) is 9.92. The van der Waals surface area contributed by atoms with E-state index in [2.05, 4.69) is 10.3 Å². The predicted molar refractivity (Wildman–Crippen MR) is 119 cm³/mol. The van der Waals surface area contributed by atoms with E-state index < -0.39 is 27.8 Å². The maximum atomic E-state index is 12.7. The summed E-state index contributed by atoms with van der Waals surface area (Å²) in [7, 11) is -3.73. The van der Waals surface area contributed by atoms with Crippen LogP contribution in [0.2, 0.25) is 0 Å². The zero-order valence-corrected chi connectivity index (χ0v) is 18.1. The van der Waals surface area contributed by atoms with Crippen LogP contribution in [0.4, 0.5) is 4.79 Å². The maximum absolute atomic E-state index is 12.7. The lowest BCUT2D eigenvalue weighted by molar-refractivity contribution is 0.0973. The first kappa shape index (κ1) is 22.8. The van der Waals surface area contributed by atoms with Crippen molar-refractivity contribution in [3.05, 3.63) is 84.2 Å². The minimum atomic E-state index is -3.73. The zero-order valence-electron chi connectivity index (χ0n) is 17.3. The molecule has 0 aliphatic heterocycles. The number of sulfone groups is 1. The lowest BCUT2D eigenvalue weighted by atomic mass is 10.2. The molecule has 0 aliphatic carbocycles. The summed E-state index contributed by atoms with van der Waals surface area (Å²) >= 11 is 0. The number of guanidine groups is 1. The Labute approximate surface area is 185 Å². The van der Waals surface area contributed by atoms with Gasteiger partial charge in [-0.3, -0.25) is 10.1 Å². The first-order valence-electron chi connectivity index (χ1n) is 9.66. The first-order valence-corrected chi connectivity index (χ1v) is 11.3. The summed E-state index contributed by atoms with van der Waals surface area (Å²) in [5.74, 6) is -1.52. The third-order valence-electron chi connectivity index (χ3n) is 4.49. The average Bonchev–Trinajstić information content (AvgIpc) is 3.33. The van der Waals surface area contributed by atoms with Crippen LogP contribution in [-0.4, -0.2) is 36.7 Å². The number of nitrogens with one attached hydrogen (secondary N) is 1. The molecule has 0 fully saturated rings. The summed E-state index contributed by atoms with van der Waals surface area (Å²) in [6, 6.07) is 17.0. The molecule has 0 bridgehead atoms. The fourth-order valence-electron chi connectivity index (χ4n) is 2.84. The topological polar surface area (TPSA) is 133 Å². The smallest absolute Gasteiger partial charge is 0.437 e. The molecule has 1 heterocycles. The van der Waals surface area contributed by atoms with Gasteiger partial charge >= 0.3 is 6.09 Å². The highest BCUT2D eigenvalue weighted by Crippen LogP contribution is 2.22. The second-order valence-electron chi connectivity index (χ2n) is 6.67. The molecular formula is C22H22N4O5S. The minimum absolute atomic E-state index is 0.00978. The van der Waals surface area contributed by atoms with Gasteiger partial charge in [-0.25, -0.2) is 13.2 Å². The molecule has 2 aromatic carbocycles. The Balaban J connectivity index is 1.77. The SMILES string of the molecule is CCS(=O)(=O)c1cc(-n2cccc2)ccc1C(=O)NC(N)=NC(=O)OCc1ccccc1. The lowest BCUT2D eigenvalue weighted by Crippen LogP contribution is -2.38. The number of amides is 2. The Kier molecular flexibility index (Phi) is 7.06. The summed E-state index contributed by atoms with van der Waals surface area (Å²) in [4.78, 5) is 27.9. The van der Waals surface area contributed by atoms with Crippen LogP contribution >= 0.6 is 0 Å². The third kappa shape index (κ3) is 5.61. The quantitative estimate of drug-likeness (QED) is 0.435. The molecule has 3 N–H and O–H groups in total. The molecule has 0 unspecified atom stereocenters. The maximum Gasteiger partial charge on any atom is 0.437 e. The number of carbonyl (C=O) groups is 2. The molecule has 0 aliphatic rings. The molecule has 3 aromatic rings. The van der Waals surface area contributed by atoms with E-state index in [0.29, 0.717) is 5.69 Å². The van der Waals surface area contributed by atoms with E-state index in [1.807, 2.05) is 6.07 Å². The molecule has 0 spiro atoms. The van der Waals surface area contributed by atoms with E-state index in [0.717, 1.165) is 5.56 Å². The number of hydrogen-bond acceptors (Lipinski definition) is 5. The van der Waals surface area contributed by atoms with Gasteiger partial charge in [0.1, 0.15) is 6.61 Å². The van der Waals surface area contributed by atoms with E-state index in [1.54, 1.807) is 59.4 Å². The van der Waals surface area contributed by atoms with Crippen LogP contribution in [0.3, 0.4) is 0 Å². The summed E-state index contributed by atoms with van der Waals surface area (Å²) in [5.41, 5.74) is 6.87. The van der Waals surface area contributed by atoms with E-state index in [-0.39, 0.29) is 22.8 Å². The number of aromatic nitrogens is 1. The molecule has 9 nitrogen and oxygen atoms in total. The molecule has 1 aromatic heterocycles. The van der Waals surface area contributed by atoms with Crippen molar-refractivity contribution in [1.82, 2.24) is 9.88 Å². The van der Waals surface area contributed by atoms with Crippen LogP contribution in [0, 0.1) is 0 Å². The van der Waals surface area contributed by atoms with Gasteiger partial charge in [0.2, 0.25) is 5.96 Å². The number of benzene rings is 2. The molecule has 166 valence electrons. The fraction of sp³-hybridized carbons (Fsp3) is 0.136. The summed E-state index contributed by atoms with van der Waals surface area (Å²) in [6.45, 7) is 1.47. The average molecular weight is 455 g/mol. The number of hydrogen-bond donors (Lipinski definition) is 2. The second-order valence-corrected chi connectivity index (χ2v) is 8.91. The Morgan fingerprint density at radius 3 is 2.41 bits per heavy atom. The largest absolute Gasteiger partial charge is 0.443 e. The van der Waals surface area contributed by atoms with Crippen LogP contribution in [-0.2, 0) is 21.2 Å². The van der Waals surface area contributed by atoms with Gasteiger partial charge in [-0.1, -0.05) is 37.3 Å². The number of nitrogens with zero attached hydrogens (tertiary/aromatic N) is 2. The van der Waals surface area contributed by atoms with Crippen molar-refractivity contribution in [3.63, 3.8) is 0 Å². The molecule has 10 heteroatoms. The van der Waals surface area contributed by atoms with Crippen molar-refractivity contribution >= 4 is 27.8 Å². The lowest BCUT2D eigenvalue weighted by Gasteiger charge is -2.12. The van der Waals surface area contributed by atoms with Gasteiger partial charge in [0, 0.05) is 18.1 Å². The first-order chi connectivity index (χ1) is 15.3. The van der Waals surface area contributed by atoms with Crippen LogP contribution in [0.25, 0.3) is 5.69 Å². The van der Waals surface area contributed by atoms with Gasteiger partial charge in [-0.15, -0.1) is 4.99 Å². The van der Waals surface area contributed by atoms with Gasteiger partial charge < -0.3 is 15.0 Å². The van der Waals surface area contributed by atoms with Crippen molar-refractivity contribution < 1.29 is 22.7 Å². The van der Waals surface area contributed by atoms with Crippen molar-refractivity contribution in [3.8, 4) is 5.69 Å². The highest BCUT2D eigenvalue weighted by atomic mass is 32.2. The molecule has 0 saturated carbocycles. The Morgan fingerprint density at radius 2 is 1.75 bits per heavy atom. The highest BCUT2D eigenvalue weighted by molar-refractivity contribution is 7.91. The molecule has 2 amide bonds. The number of rotatable bonds is 6. The van der Waals surface area contributed by atoms with Gasteiger partial charge in [0.15, 0.2) is 9.84 Å². The number of nitrogens with two attached hydrogens (primary N) is 1. The van der Waals surface area contributed by atoms with Crippen molar-refractivity contribution in [2.45, 2.75) is 18.4 Å². The predicted octanol–water partition coefficient (Wildman–Crippen LogP) is 2.65. The Morgan fingerprint density at radius 1 is 1.06 bits per heavy atom. The monoisotopic (exact) mass is 454 g/mol. The molecule has 32 heavy (non-hydrogen) atoms. The van der Waals surface area contributed by atoms with Crippen LogP contribution < -0.4 is 11.1 Å². The molecule has 0 saturated heterocycles. The summed E-state index contributed by atoms with van der Waals surface area (Å²) in [5, 5.41) is 2.23. The standard InChI is InChI=1S/C22H22N4O5S/c1-2-32(29,30)19-14-17(26-12-6-7-13-26)10-11-18(19)20(27)24-21(23)25-22(28)31-15-16-8-4-3-5-9-16/h3-14H,2,15H2,1H3,(H3,23,24,25,27,28). The van der Waals surface area contributed by atoms with Crippen molar-refractivity contribution in [1.29, 1.82) is 0 Å². The molecular weight excluding hydrogens is 432 g/mol. The number of ether oxygens (including phenoxy) is 1. The van der Waals surface area contributed by atoms with E-state index in [1.165, 1.54) is 19.1 Å². The normalized spacial score (nSPS) is 11.7. The molecule has 0 radical (unpaired) electrons. The number of aliphatic imine (C=N–C) groups is 1.